The highest BCUT2D eigenvalue weighted by Crippen LogP contribution is 2.18. The molecule has 96 valence electrons. The molecule has 1 aromatic heterocycles. The molecule has 0 saturated heterocycles. The quantitative estimate of drug-likeness (QED) is 0.817. The molecule has 0 spiro atoms. The van der Waals surface area contributed by atoms with Crippen LogP contribution in [0, 0.1) is 0 Å². The maximum atomic E-state index is 12.2. The molecule has 0 aliphatic carbocycles. The Hall–Kier alpha value is -2.43. The number of aromatic nitrogens is 2. The van der Waals surface area contributed by atoms with E-state index in [4.69, 9.17) is 0 Å². The van der Waals surface area contributed by atoms with E-state index in [9.17, 15) is 14.7 Å². The molecule has 0 fully saturated rings. The van der Waals surface area contributed by atoms with Crippen LogP contribution in [0.1, 0.15) is 28.3 Å². The smallest absolute Gasteiger partial charge is 0.296 e. The Labute approximate surface area is 109 Å². The molecule has 1 aliphatic rings. The number of aromatic hydroxyl groups is 1. The van der Waals surface area contributed by atoms with Crippen molar-refractivity contribution in [2.75, 3.05) is 0 Å². The third kappa shape index (κ3) is 1.83. The summed E-state index contributed by atoms with van der Waals surface area (Å²) in [5.74, 6) is -0.410. The lowest BCUT2D eigenvalue weighted by Crippen LogP contribution is -2.23. The van der Waals surface area contributed by atoms with Crippen molar-refractivity contribution in [1.82, 2.24) is 9.55 Å². The van der Waals surface area contributed by atoms with Crippen LogP contribution < -0.4 is 5.56 Å². The van der Waals surface area contributed by atoms with Gasteiger partial charge < -0.3 is 5.11 Å². The third-order valence-electron chi connectivity index (χ3n) is 3.26. The van der Waals surface area contributed by atoms with Crippen LogP contribution in [0.25, 0.3) is 0 Å². The van der Waals surface area contributed by atoms with Crippen LogP contribution in [0.4, 0.5) is 0 Å². The molecule has 0 saturated carbocycles. The van der Waals surface area contributed by atoms with Gasteiger partial charge in [-0.05, 0) is 6.42 Å². The molecule has 19 heavy (non-hydrogen) atoms. The summed E-state index contributed by atoms with van der Waals surface area (Å²) in [6, 6.07) is 8.51. The minimum Gasteiger partial charge on any atom is -0.501 e. The maximum absolute atomic E-state index is 12.2. The van der Waals surface area contributed by atoms with Crippen molar-refractivity contribution in [2.24, 2.45) is 0 Å². The van der Waals surface area contributed by atoms with E-state index in [0.29, 0.717) is 24.4 Å². The van der Waals surface area contributed by atoms with Gasteiger partial charge >= 0.3 is 0 Å². The van der Waals surface area contributed by atoms with Crippen molar-refractivity contribution in [2.45, 2.75) is 19.4 Å². The number of nitrogens with zero attached hydrogens (tertiary/aromatic N) is 2. The topological polar surface area (TPSA) is 72.2 Å². The number of benzene rings is 1. The zero-order valence-electron chi connectivity index (χ0n) is 10.2. The van der Waals surface area contributed by atoms with Gasteiger partial charge in [0, 0.05) is 18.5 Å². The van der Waals surface area contributed by atoms with E-state index in [0.717, 1.165) is 6.42 Å². The lowest BCUT2D eigenvalue weighted by Gasteiger charge is -2.07. The van der Waals surface area contributed by atoms with Crippen molar-refractivity contribution in [1.29, 1.82) is 0 Å². The number of hydrogen-bond donors (Lipinski definition) is 1. The van der Waals surface area contributed by atoms with E-state index in [2.05, 4.69) is 4.98 Å². The van der Waals surface area contributed by atoms with Gasteiger partial charge in [0.05, 0.1) is 0 Å². The van der Waals surface area contributed by atoms with Gasteiger partial charge in [-0.1, -0.05) is 30.3 Å². The fraction of sp³-hybridized carbons (Fsp3) is 0.214. The average molecular weight is 256 g/mol. The van der Waals surface area contributed by atoms with Gasteiger partial charge in [0.15, 0.2) is 5.69 Å². The first kappa shape index (κ1) is 11.6. The number of carbonyl (C=O) groups excluding carboxylic acids is 1. The number of ketones is 1. The zero-order valence-corrected chi connectivity index (χ0v) is 10.2. The Morgan fingerprint density at radius 1 is 1.26 bits per heavy atom. The third-order valence-corrected chi connectivity index (χ3v) is 3.26. The fourth-order valence-electron chi connectivity index (χ4n) is 2.29. The van der Waals surface area contributed by atoms with Crippen LogP contribution in [0.2, 0.25) is 0 Å². The van der Waals surface area contributed by atoms with Crippen LogP contribution in [-0.2, 0) is 13.0 Å². The van der Waals surface area contributed by atoms with E-state index >= 15 is 0 Å². The van der Waals surface area contributed by atoms with Gasteiger partial charge in [-0.15, -0.1) is 0 Å². The largest absolute Gasteiger partial charge is 0.501 e. The van der Waals surface area contributed by atoms with E-state index in [1.165, 1.54) is 4.57 Å². The molecule has 1 aromatic carbocycles. The summed E-state index contributed by atoms with van der Waals surface area (Å²) in [6.45, 7) is 0.550. The van der Waals surface area contributed by atoms with Gasteiger partial charge in [0.1, 0.15) is 5.82 Å². The summed E-state index contributed by atoms with van der Waals surface area (Å²) in [4.78, 5) is 28.3. The molecule has 1 aliphatic heterocycles. The number of hydrogen-bond acceptors (Lipinski definition) is 4. The van der Waals surface area contributed by atoms with E-state index in [1.807, 2.05) is 0 Å². The summed E-state index contributed by atoms with van der Waals surface area (Å²) < 4.78 is 1.43. The Kier molecular flexibility index (Phi) is 2.67. The SMILES string of the molecule is O=C(c1ccccc1)c1nc2n(c(=O)c1O)CCC2. The lowest BCUT2D eigenvalue weighted by atomic mass is 10.1. The molecule has 0 amide bonds. The van der Waals surface area contributed by atoms with Crippen LogP contribution in [-0.4, -0.2) is 20.4 Å². The van der Waals surface area contributed by atoms with Crippen molar-refractivity contribution in [3.05, 3.63) is 57.8 Å². The molecule has 0 unspecified atom stereocenters. The predicted octanol–water partition coefficient (Wildman–Crippen LogP) is 1.13. The molecule has 2 aromatic rings. The molecule has 5 heteroatoms. The Morgan fingerprint density at radius 3 is 2.74 bits per heavy atom. The Morgan fingerprint density at radius 2 is 2.00 bits per heavy atom. The first-order valence-corrected chi connectivity index (χ1v) is 6.11. The molecule has 5 nitrogen and oxygen atoms in total. The molecule has 3 rings (SSSR count). The first-order valence-electron chi connectivity index (χ1n) is 6.11. The predicted molar refractivity (Wildman–Crippen MR) is 68.4 cm³/mol. The number of rotatable bonds is 2. The molecule has 2 heterocycles. The van der Waals surface area contributed by atoms with Crippen LogP contribution in [0.5, 0.6) is 5.75 Å². The van der Waals surface area contributed by atoms with Crippen molar-refractivity contribution < 1.29 is 9.90 Å². The summed E-state index contributed by atoms with van der Waals surface area (Å²) in [6.07, 6.45) is 1.47. The minimum absolute atomic E-state index is 0.149. The molecular weight excluding hydrogens is 244 g/mol. The Bertz CT molecular complexity index is 705. The number of fused-ring (bicyclic) bond motifs is 1. The second-order valence-electron chi connectivity index (χ2n) is 4.48. The van der Waals surface area contributed by atoms with E-state index < -0.39 is 17.1 Å². The molecule has 1 N–H and O–H groups in total. The monoisotopic (exact) mass is 256 g/mol. The highest BCUT2D eigenvalue weighted by atomic mass is 16.3. The van der Waals surface area contributed by atoms with Gasteiger partial charge in [-0.2, -0.15) is 0 Å². The highest BCUT2D eigenvalue weighted by Gasteiger charge is 2.24. The van der Waals surface area contributed by atoms with Crippen molar-refractivity contribution >= 4 is 5.78 Å². The second-order valence-corrected chi connectivity index (χ2v) is 4.48. The summed E-state index contributed by atoms with van der Waals surface area (Å²) in [5.41, 5.74) is -0.265. The summed E-state index contributed by atoms with van der Waals surface area (Å²) in [5, 5.41) is 9.88. The minimum atomic E-state index is -0.556. The number of aryl methyl sites for hydroxylation is 1. The fourth-order valence-corrected chi connectivity index (χ4v) is 2.29. The first-order chi connectivity index (χ1) is 9.18. The Balaban J connectivity index is 2.14. The lowest BCUT2D eigenvalue weighted by molar-refractivity contribution is 0.103. The van der Waals surface area contributed by atoms with Crippen LogP contribution in [0.15, 0.2) is 35.1 Å². The summed E-state index contributed by atoms with van der Waals surface area (Å²) in [7, 11) is 0. The summed E-state index contributed by atoms with van der Waals surface area (Å²) >= 11 is 0. The second kappa shape index (κ2) is 4.35. The van der Waals surface area contributed by atoms with E-state index in [1.54, 1.807) is 30.3 Å². The maximum Gasteiger partial charge on any atom is 0.296 e. The van der Waals surface area contributed by atoms with Crippen molar-refractivity contribution in [3.63, 3.8) is 0 Å². The normalized spacial score (nSPS) is 13.3. The van der Waals surface area contributed by atoms with Gasteiger partial charge in [0.25, 0.3) is 5.56 Å². The molecule has 0 bridgehead atoms. The van der Waals surface area contributed by atoms with E-state index in [-0.39, 0.29) is 5.69 Å². The van der Waals surface area contributed by atoms with Crippen molar-refractivity contribution in [3.8, 4) is 5.75 Å². The number of carbonyl (C=O) groups is 1. The highest BCUT2D eigenvalue weighted by molar-refractivity contribution is 6.09. The van der Waals surface area contributed by atoms with Crippen LogP contribution >= 0.6 is 0 Å². The standard InChI is InChI=1S/C14H12N2O3/c17-12(9-5-2-1-3-6-9)11-13(18)14(19)16-8-4-7-10(16)15-11/h1-3,5-6,18H,4,7-8H2. The zero-order chi connectivity index (χ0) is 13.4. The molecular formula is C14H12N2O3. The van der Waals surface area contributed by atoms with Gasteiger partial charge in [0.2, 0.25) is 11.5 Å². The van der Waals surface area contributed by atoms with Gasteiger partial charge in [-0.25, -0.2) is 4.98 Å². The molecule has 0 atom stereocenters. The van der Waals surface area contributed by atoms with Gasteiger partial charge in [-0.3, -0.25) is 14.2 Å². The average Bonchev–Trinajstić information content (AvgIpc) is 2.91. The van der Waals surface area contributed by atoms with Crippen LogP contribution in [0.3, 0.4) is 0 Å². The molecule has 0 radical (unpaired) electrons.